The second kappa shape index (κ2) is 5.96. The minimum Gasteiger partial charge on any atom is -0.319 e. The van der Waals surface area contributed by atoms with E-state index in [2.05, 4.69) is 21.2 Å². The highest BCUT2D eigenvalue weighted by Crippen LogP contribution is 2.22. The highest BCUT2D eigenvalue weighted by molar-refractivity contribution is 9.10. The average molecular weight is 357 g/mol. The molecule has 0 saturated heterocycles. The molecule has 21 heavy (non-hydrogen) atoms. The summed E-state index contributed by atoms with van der Waals surface area (Å²) in [7, 11) is 0. The molecule has 5 nitrogen and oxygen atoms in total. The summed E-state index contributed by atoms with van der Waals surface area (Å²) in [5.74, 6) is -2.50. The van der Waals surface area contributed by atoms with Crippen molar-refractivity contribution in [2.24, 2.45) is 0 Å². The van der Waals surface area contributed by atoms with Crippen LogP contribution >= 0.6 is 15.9 Å². The summed E-state index contributed by atoms with van der Waals surface area (Å²) >= 11 is 3.07. The van der Waals surface area contributed by atoms with Crippen LogP contribution in [-0.4, -0.2) is 10.8 Å². The molecule has 0 spiro atoms. The molecule has 0 aliphatic carbocycles. The van der Waals surface area contributed by atoms with Gasteiger partial charge < -0.3 is 5.32 Å². The van der Waals surface area contributed by atoms with E-state index in [1.807, 2.05) is 0 Å². The molecular weight excluding hydrogens is 350 g/mol. The topological polar surface area (TPSA) is 72.2 Å². The normalized spacial score (nSPS) is 10.2. The number of nitro benzene ring substituents is 1. The Hall–Kier alpha value is -2.35. The van der Waals surface area contributed by atoms with Crippen molar-refractivity contribution < 1.29 is 18.5 Å². The van der Waals surface area contributed by atoms with Crippen molar-refractivity contribution in [2.75, 3.05) is 5.32 Å². The van der Waals surface area contributed by atoms with Gasteiger partial charge in [0, 0.05) is 16.1 Å². The fourth-order valence-electron chi connectivity index (χ4n) is 1.58. The minimum absolute atomic E-state index is 0.0878. The van der Waals surface area contributed by atoms with Crippen LogP contribution in [0.1, 0.15) is 10.4 Å². The first kappa shape index (κ1) is 15.0. The summed E-state index contributed by atoms with van der Waals surface area (Å²) in [5.41, 5.74) is -1.06. The first-order valence-corrected chi connectivity index (χ1v) is 6.38. The molecule has 2 aromatic carbocycles. The van der Waals surface area contributed by atoms with Crippen molar-refractivity contribution in [1.29, 1.82) is 0 Å². The van der Waals surface area contributed by atoms with Crippen LogP contribution in [0, 0.1) is 21.7 Å². The van der Waals surface area contributed by atoms with Gasteiger partial charge in [-0.1, -0.05) is 15.9 Å². The van der Waals surface area contributed by atoms with E-state index >= 15 is 0 Å². The van der Waals surface area contributed by atoms with Crippen LogP contribution in [0.5, 0.6) is 0 Å². The molecule has 2 rings (SSSR count). The van der Waals surface area contributed by atoms with E-state index in [0.717, 1.165) is 24.3 Å². The summed E-state index contributed by atoms with van der Waals surface area (Å²) < 4.78 is 27.3. The Bertz CT molecular complexity index is 737. The predicted octanol–water partition coefficient (Wildman–Crippen LogP) is 3.89. The number of hydrogen-bond acceptors (Lipinski definition) is 3. The number of halogens is 3. The molecule has 1 N–H and O–H groups in total. The molecule has 0 unspecified atom stereocenters. The Morgan fingerprint density at radius 1 is 1.14 bits per heavy atom. The molecule has 108 valence electrons. The lowest BCUT2D eigenvalue weighted by atomic mass is 10.1. The monoisotopic (exact) mass is 356 g/mol. The molecule has 1 amide bonds. The smallest absolute Gasteiger partial charge is 0.305 e. The van der Waals surface area contributed by atoms with Crippen LogP contribution in [0.15, 0.2) is 40.9 Å². The van der Waals surface area contributed by atoms with E-state index in [9.17, 15) is 23.7 Å². The lowest BCUT2D eigenvalue weighted by Gasteiger charge is -2.07. The van der Waals surface area contributed by atoms with E-state index in [1.54, 1.807) is 0 Å². The molecular formula is C13H7BrF2N2O3. The van der Waals surface area contributed by atoms with Crippen molar-refractivity contribution in [2.45, 2.75) is 0 Å². The largest absolute Gasteiger partial charge is 0.319 e. The summed E-state index contributed by atoms with van der Waals surface area (Å²) in [6.45, 7) is 0. The summed E-state index contributed by atoms with van der Waals surface area (Å²) in [6, 6.07) is 6.69. The third kappa shape index (κ3) is 3.40. The van der Waals surface area contributed by atoms with Gasteiger partial charge in [-0.05, 0) is 30.3 Å². The van der Waals surface area contributed by atoms with Crippen LogP contribution in [0.3, 0.4) is 0 Å². The Labute approximate surface area is 125 Å². The lowest BCUT2D eigenvalue weighted by Crippen LogP contribution is -2.13. The number of benzene rings is 2. The molecule has 0 radical (unpaired) electrons. The molecule has 0 fully saturated rings. The number of rotatable bonds is 3. The van der Waals surface area contributed by atoms with E-state index in [1.165, 1.54) is 12.1 Å². The number of carbonyl (C=O) groups excluding carboxylic acids is 1. The van der Waals surface area contributed by atoms with Gasteiger partial charge in [0.1, 0.15) is 5.82 Å². The molecule has 0 aromatic heterocycles. The van der Waals surface area contributed by atoms with Gasteiger partial charge in [-0.3, -0.25) is 14.9 Å². The SMILES string of the molecule is O=C(Nc1ccc(Br)cc1F)c1ccc(F)c([N+](=O)[O-])c1. The first-order chi connectivity index (χ1) is 9.88. The quantitative estimate of drug-likeness (QED) is 0.669. The molecule has 8 heteroatoms. The molecule has 0 bridgehead atoms. The number of carbonyl (C=O) groups is 1. The zero-order chi connectivity index (χ0) is 15.6. The van der Waals surface area contributed by atoms with Gasteiger partial charge in [0.15, 0.2) is 0 Å². The number of anilines is 1. The number of hydrogen-bond donors (Lipinski definition) is 1. The van der Waals surface area contributed by atoms with Crippen LogP contribution in [-0.2, 0) is 0 Å². The van der Waals surface area contributed by atoms with Gasteiger partial charge in [0.2, 0.25) is 5.82 Å². The first-order valence-electron chi connectivity index (χ1n) is 5.59. The maximum Gasteiger partial charge on any atom is 0.305 e. The van der Waals surface area contributed by atoms with Gasteiger partial charge in [-0.15, -0.1) is 0 Å². The van der Waals surface area contributed by atoms with E-state index in [-0.39, 0.29) is 11.3 Å². The molecule has 0 saturated carbocycles. The van der Waals surface area contributed by atoms with Crippen LogP contribution in [0.4, 0.5) is 20.2 Å². The fraction of sp³-hybridized carbons (Fsp3) is 0. The fourth-order valence-corrected chi connectivity index (χ4v) is 1.91. The Morgan fingerprint density at radius 3 is 2.48 bits per heavy atom. The second-order valence-corrected chi connectivity index (χ2v) is 4.92. The highest BCUT2D eigenvalue weighted by atomic mass is 79.9. The summed E-state index contributed by atoms with van der Waals surface area (Å²) in [6.07, 6.45) is 0. The molecule has 0 atom stereocenters. The number of nitrogens with one attached hydrogen (secondary N) is 1. The maximum atomic E-state index is 13.6. The van der Waals surface area contributed by atoms with Crippen LogP contribution in [0.25, 0.3) is 0 Å². The predicted molar refractivity (Wildman–Crippen MR) is 75.1 cm³/mol. The lowest BCUT2D eigenvalue weighted by molar-refractivity contribution is -0.387. The van der Waals surface area contributed by atoms with E-state index in [4.69, 9.17) is 0 Å². The molecule has 0 heterocycles. The van der Waals surface area contributed by atoms with Crippen molar-refractivity contribution in [3.8, 4) is 0 Å². The summed E-state index contributed by atoms with van der Waals surface area (Å²) in [4.78, 5) is 21.6. The van der Waals surface area contributed by atoms with E-state index < -0.39 is 28.2 Å². The van der Waals surface area contributed by atoms with Gasteiger partial charge >= 0.3 is 5.69 Å². The van der Waals surface area contributed by atoms with Crippen molar-refractivity contribution in [3.05, 3.63) is 68.2 Å². The zero-order valence-electron chi connectivity index (χ0n) is 10.3. The van der Waals surface area contributed by atoms with Crippen molar-refractivity contribution in [3.63, 3.8) is 0 Å². The van der Waals surface area contributed by atoms with Crippen LogP contribution in [0.2, 0.25) is 0 Å². The number of nitrogens with zero attached hydrogens (tertiary/aromatic N) is 1. The van der Waals surface area contributed by atoms with Gasteiger partial charge in [-0.25, -0.2) is 4.39 Å². The average Bonchev–Trinajstić information content (AvgIpc) is 2.42. The molecule has 0 aliphatic rings. The van der Waals surface area contributed by atoms with Crippen molar-refractivity contribution >= 4 is 33.2 Å². The molecule has 2 aromatic rings. The van der Waals surface area contributed by atoms with E-state index in [0.29, 0.717) is 4.47 Å². The van der Waals surface area contributed by atoms with Crippen LogP contribution < -0.4 is 5.32 Å². The standard InChI is InChI=1S/C13H7BrF2N2O3/c14-8-2-4-11(10(16)6-8)17-13(19)7-1-3-9(15)12(5-7)18(20)21/h1-6H,(H,17,19). The Morgan fingerprint density at radius 2 is 1.86 bits per heavy atom. The number of nitro groups is 1. The minimum atomic E-state index is -1.05. The van der Waals surface area contributed by atoms with Gasteiger partial charge in [-0.2, -0.15) is 4.39 Å². The van der Waals surface area contributed by atoms with Gasteiger partial charge in [0.05, 0.1) is 10.6 Å². The van der Waals surface area contributed by atoms with Crippen molar-refractivity contribution in [1.82, 2.24) is 0 Å². The van der Waals surface area contributed by atoms with Gasteiger partial charge in [0.25, 0.3) is 5.91 Å². The third-order valence-electron chi connectivity index (χ3n) is 2.58. The zero-order valence-corrected chi connectivity index (χ0v) is 11.9. The summed E-state index contributed by atoms with van der Waals surface area (Å²) in [5, 5.41) is 12.9. The number of amides is 1. The second-order valence-electron chi connectivity index (χ2n) is 4.00. The Balaban J connectivity index is 2.28. The Kier molecular flexibility index (Phi) is 4.27. The third-order valence-corrected chi connectivity index (χ3v) is 3.08. The highest BCUT2D eigenvalue weighted by Gasteiger charge is 2.18. The molecule has 0 aliphatic heterocycles. The maximum absolute atomic E-state index is 13.6.